The van der Waals surface area contributed by atoms with Crippen molar-refractivity contribution in [2.75, 3.05) is 24.7 Å². The van der Waals surface area contributed by atoms with Crippen molar-refractivity contribution in [2.45, 2.75) is 56.9 Å². The van der Waals surface area contributed by atoms with Crippen LogP contribution in [0.5, 0.6) is 0 Å². The fourth-order valence-corrected chi connectivity index (χ4v) is 6.49. The van der Waals surface area contributed by atoms with Crippen molar-refractivity contribution in [3.05, 3.63) is 53.6 Å². The summed E-state index contributed by atoms with van der Waals surface area (Å²) in [5.74, 6) is -3.18. The largest absolute Gasteiger partial charge is 0.465 e. The number of carbonyl (C=O) groups excluding carboxylic acids is 3. The highest BCUT2D eigenvalue weighted by molar-refractivity contribution is 6.34. The third-order valence-electron chi connectivity index (χ3n) is 8.28. The van der Waals surface area contributed by atoms with Gasteiger partial charge in [-0.3, -0.25) is 14.4 Å². The summed E-state index contributed by atoms with van der Waals surface area (Å²) in [7, 11) is 0. The molecule has 4 heterocycles. The molecule has 1 spiro atoms. The second-order valence-electron chi connectivity index (χ2n) is 10.3. The zero-order chi connectivity index (χ0) is 26.3. The van der Waals surface area contributed by atoms with Gasteiger partial charge >= 0.3 is 5.97 Å². The van der Waals surface area contributed by atoms with Crippen LogP contribution in [-0.4, -0.2) is 71.3 Å². The molecule has 4 aliphatic rings. The van der Waals surface area contributed by atoms with Gasteiger partial charge in [-0.15, -0.1) is 0 Å². The number of cyclic esters (lactones) is 1. The van der Waals surface area contributed by atoms with E-state index in [9.17, 15) is 19.5 Å². The fourth-order valence-electron chi connectivity index (χ4n) is 6.25. The van der Waals surface area contributed by atoms with Crippen LogP contribution in [0, 0.1) is 17.8 Å². The summed E-state index contributed by atoms with van der Waals surface area (Å²) in [5, 5.41) is 10.9. The Balaban J connectivity index is 1.67. The number of allylic oxidation sites excluding steroid dienone is 1. The number of fused-ring (bicyclic) bond motifs is 2. The van der Waals surface area contributed by atoms with E-state index in [4.69, 9.17) is 21.1 Å². The van der Waals surface area contributed by atoms with Crippen LogP contribution in [0.1, 0.15) is 33.1 Å². The van der Waals surface area contributed by atoms with Gasteiger partial charge in [-0.1, -0.05) is 68.3 Å². The Hall–Kier alpha value is -2.68. The van der Waals surface area contributed by atoms with Crippen LogP contribution >= 0.6 is 11.6 Å². The highest BCUT2D eigenvalue weighted by Gasteiger charge is 2.72. The number of anilines is 1. The number of halogens is 1. The Morgan fingerprint density at radius 1 is 1.19 bits per heavy atom. The highest BCUT2D eigenvalue weighted by Crippen LogP contribution is 2.54. The minimum atomic E-state index is -1.39. The Labute approximate surface area is 221 Å². The Morgan fingerprint density at radius 3 is 2.70 bits per heavy atom. The molecule has 0 aromatic heterocycles. The lowest BCUT2D eigenvalue weighted by Gasteiger charge is -2.40. The van der Waals surface area contributed by atoms with E-state index in [0.29, 0.717) is 23.6 Å². The smallest absolute Gasteiger partial charge is 0.312 e. The van der Waals surface area contributed by atoms with Crippen molar-refractivity contribution >= 4 is 35.1 Å². The molecule has 0 saturated carbocycles. The van der Waals surface area contributed by atoms with Crippen LogP contribution in [0.3, 0.4) is 0 Å². The number of rotatable bonds is 5. The van der Waals surface area contributed by atoms with Gasteiger partial charge in [-0.25, -0.2) is 0 Å². The summed E-state index contributed by atoms with van der Waals surface area (Å²) in [6.45, 7) is 4.08. The van der Waals surface area contributed by atoms with Gasteiger partial charge in [-0.2, -0.15) is 0 Å². The first kappa shape index (κ1) is 25.9. The Kier molecular flexibility index (Phi) is 7.18. The predicted octanol–water partition coefficient (Wildman–Crippen LogP) is 3.12. The molecule has 2 amide bonds. The number of likely N-dealkylation sites (tertiary alicyclic amines) is 1. The monoisotopic (exact) mass is 528 g/mol. The van der Waals surface area contributed by atoms with E-state index in [-0.39, 0.29) is 37.5 Å². The van der Waals surface area contributed by atoms with E-state index in [1.54, 1.807) is 35.2 Å². The summed E-state index contributed by atoms with van der Waals surface area (Å²) in [6, 6.07) is 5.35. The predicted molar refractivity (Wildman–Crippen MR) is 138 cm³/mol. The van der Waals surface area contributed by atoms with Crippen molar-refractivity contribution in [3.63, 3.8) is 0 Å². The number of amides is 2. The maximum absolute atomic E-state index is 14.4. The number of aliphatic hydroxyl groups is 1. The standard InChI is InChI=1S/C28H33ClN2O6/c1-3-17(2)20(16-32)31-24-26(34)30(19-11-7-6-10-18(19)29)14-9-13-28(24)23(25(31)33)22-21(37-28)12-5-4-8-15-36-27(22)35/h5-7,9-13,17,20-24,32H,3-4,8,14-16H2,1-2H3/b12-5-/t17-,20-,21+,22-,23-,24?,28-/m0/s1. The Bertz CT molecular complexity index is 1140. The molecule has 1 unspecified atom stereocenters. The van der Waals surface area contributed by atoms with Crippen LogP contribution in [0.2, 0.25) is 5.02 Å². The maximum atomic E-state index is 14.4. The van der Waals surface area contributed by atoms with Gasteiger partial charge < -0.3 is 24.4 Å². The summed E-state index contributed by atoms with van der Waals surface area (Å²) in [4.78, 5) is 45.1. The van der Waals surface area contributed by atoms with Crippen LogP contribution in [-0.2, 0) is 23.9 Å². The van der Waals surface area contributed by atoms with E-state index < -0.39 is 41.6 Å². The second-order valence-corrected chi connectivity index (χ2v) is 10.7. The van der Waals surface area contributed by atoms with Gasteiger partial charge in [0.15, 0.2) is 0 Å². The van der Waals surface area contributed by atoms with E-state index in [1.165, 1.54) is 4.90 Å². The van der Waals surface area contributed by atoms with Gasteiger partial charge in [0.05, 0.1) is 42.0 Å². The average molecular weight is 529 g/mol. The summed E-state index contributed by atoms with van der Waals surface area (Å²) >= 11 is 6.49. The second kappa shape index (κ2) is 10.2. The number of benzene rings is 1. The molecule has 5 rings (SSSR count). The zero-order valence-electron chi connectivity index (χ0n) is 21.1. The first-order chi connectivity index (χ1) is 17.9. The van der Waals surface area contributed by atoms with Gasteiger partial charge in [-0.05, 0) is 30.9 Å². The summed E-state index contributed by atoms with van der Waals surface area (Å²) < 4.78 is 12.2. The van der Waals surface area contributed by atoms with Crippen molar-refractivity contribution in [3.8, 4) is 0 Å². The van der Waals surface area contributed by atoms with Gasteiger partial charge in [0.1, 0.15) is 17.6 Å². The van der Waals surface area contributed by atoms with Gasteiger partial charge in [0.2, 0.25) is 5.91 Å². The van der Waals surface area contributed by atoms with E-state index in [0.717, 1.165) is 6.42 Å². The van der Waals surface area contributed by atoms with Gasteiger partial charge in [0, 0.05) is 6.54 Å². The topological polar surface area (TPSA) is 96.4 Å². The van der Waals surface area contributed by atoms with E-state index >= 15 is 0 Å². The van der Waals surface area contributed by atoms with Crippen LogP contribution < -0.4 is 4.90 Å². The molecule has 9 heteroatoms. The number of esters is 1. The van der Waals surface area contributed by atoms with Crippen LogP contribution in [0.25, 0.3) is 0 Å². The lowest BCUT2D eigenvalue weighted by Crippen LogP contribution is -2.59. The molecule has 2 saturated heterocycles. The molecule has 8 nitrogen and oxygen atoms in total. The molecule has 0 aliphatic carbocycles. The number of para-hydroxylation sites is 1. The maximum Gasteiger partial charge on any atom is 0.312 e. The summed E-state index contributed by atoms with van der Waals surface area (Å²) in [5.41, 5.74) is -0.862. The first-order valence-corrected chi connectivity index (χ1v) is 13.4. The number of hydrogen-bond acceptors (Lipinski definition) is 6. The van der Waals surface area contributed by atoms with Crippen molar-refractivity contribution in [2.24, 2.45) is 17.8 Å². The molecule has 1 aromatic carbocycles. The minimum Gasteiger partial charge on any atom is -0.465 e. The molecule has 4 aliphatic heterocycles. The van der Waals surface area contributed by atoms with Crippen molar-refractivity contribution < 1.29 is 29.0 Å². The minimum absolute atomic E-state index is 0.0956. The molecule has 0 bridgehead atoms. The van der Waals surface area contributed by atoms with Crippen LogP contribution in [0.15, 0.2) is 48.6 Å². The number of ether oxygens (including phenoxy) is 2. The molecular weight excluding hydrogens is 496 g/mol. The molecule has 1 aromatic rings. The number of carbonyl (C=O) groups is 3. The van der Waals surface area contributed by atoms with Gasteiger partial charge in [0.25, 0.3) is 5.91 Å². The number of nitrogens with zero attached hydrogens (tertiary/aromatic N) is 2. The molecule has 1 N–H and O–H groups in total. The number of hydrogen-bond donors (Lipinski definition) is 1. The lowest BCUT2D eigenvalue weighted by molar-refractivity contribution is -0.155. The molecule has 7 atom stereocenters. The Morgan fingerprint density at radius 2 is 1.97 bits per heavy atom. The molecule has 37 heavy (non-hydrogen) atoms. The van der Waals surface area contributed by atoms with Crippen molar-refractivity contribution in [1.82, 2.24) is 4.90 Å². The average Bonchev–Trinajstić information content (AvgIpc) is 3.30. The van der Waals surface area contributed by atoms with Crippen LogP contribution in [0.4, 0.5) is 5.69 Å². The SMILES string of the molecule is CC[C@H](C)[C@H](CO)N1C(=O)[C@@H]2[C@H]3C(=O)OCCC/C=C\[C@H]3O[C@@]23C=CCN(c2ccccc2Cl)C(=O)C13. The zero-order valence-corrected chi connectivity index (χ0v) is 21.8. The fraction of sp³-hybridized carbons (Fsp3) is 0.536. The van der Waals surface area contributed by atoms with E-state index in [2.05, 4.69) is 0 Å². The van der Waals surface area contributed by atoms with E-state index in [1.807, 2.05) is 32.1 Å². The number of aliphatic hydroxyl groups excluding tert-OH is 1. The normalized spacial score (nSPS) is 33.9. The lowest BCUT2D eigenvalue weighted by atomic mass is 9.78. The molecular formula is C28H33ClN2O6. The highest BCUT2D eigenvalue weighted by atomic mass is 35.5. The molecule has 198 valence electrons. The molecule has 0 radical (unpaired) electrons. The summed E-state index contributed by atoms with van der Waals surface area (Å²) in [6.07, 6.45) is 8.75. The van der Waals surface area contributed by atoms with Crippen molar-refractivity contribution in [1.29, 1.82) is 0 Å². The quantitative estimate of drug-likeness (QED) is 0.466. The molecule has 2 fully saturated rings. The first-order valence-electron chi connectivity index (χ1n) is 13.0. The third kappa shape index (κ3) is 4.10. The third-order valence-corrected chi connectivity index (χ3v) is 8.60.